The number of hydrogen-bond donors (Lipinski definition) is 1. The minimum Gasteiger partial charge on any atom is -0.481 e. The summed E-state index contributed by atoms with van der Waals surface area (Å²) in [7, 11) is 0. The van der Waals surface area contributed by atoms with Crippen molar-refractivity contribution in [3.8, 4) is 0 Å². The summed E-state index contributed by atoms with van der Waals surface area (Å²) in [4.78, 5) is 22.1. The number of aliphatic carboxylic acids is 1. The minimum atomic E-state index is -0.738. The maximum Gasteiger partial charge on any atom is 0.303 e. The van der Waals surface area contributed by atoms with Crippen molar-refractivity contribution in [3.63, 3.8) is 0 Å². The molecular weight excluding hydrogens is 404 g/mol. The van der Waals surface area contributed by atoms with Crippen LogP contribution in [-0.2, 0) is 25.7 Å². The number of benzene rings is 1. The Labute approximate surface area is 194 Å². The molecule has 32 heavy (non-hydrogen) atoms. The van der Waals surface area contributed by atoms with Crippen LogP contribution in [0.4, 0.5) is 0 Å². The van der Waals surface area contributed by atoms with Crippen molar-refractivity contribution in [2.75, 3.05) is 0 Å². The molecule has 0 spiro atoms. The smallest absolute Gasteiger partial charge is 0.303 e. The molecule has 0 aliphatic heterocycles. The van der Waals surface area contributed by atoms with Crippen LogP contribution in [-0.4, -0.2) is 29.3 Å². The molecule has 1 aromatic rings. The van der Waals surface area contributed by atoms with Gasteiger partial charge in [-0.15, -0.1) is 0 Å². The van der Waals surface area contributed by atoms with Gasteiger partial charge >= 0.3 is 11.9 Å². The molecule has 1 aromatic carbocycles. The van der Waals surface area contributed by atoms with Crippen LogP contribution in [0.3, 0.4) is 0 Å². The molecule has 0 aliphatic carbocycles. The number of carboxylic acid groups (broad SMARTS) is 1. The number of ether oxygens (including phenoxy) is 2. The van der Waals surface area contributed by atoms with E-state index in [4.69, 9.17) is 14.6 Å². The fourth-order valence-electron chi connectivity index (χ4n) is 3.96. The molecule has 2 atom stereocenters. The number of rotatable bonds is 20. The Bertz CT molecular complexity index is 601. The quantitative estimate of drug-likeness (QED) is 0.171. The fourth-order valence-corrected chi connectivity index (χ4v) is 3.96. The second-order valence-electron chi connectivity index (χ2n) is 8.78. The standard InChI is InChI=1S/C27H44O5/c1-3-4-17-26(32-23(2)28)19-13-8-6-5-7-12-18-25(20-14-21-27(29)30)31-22-24-15-10-9-11-16-24/h9-11,15-16,25-26H,3-8,12-14,17-22H2,1-2H3,(H,29,30). The number of carbonyl (C=O) groups is 2. The molecule has 182 valence electrons. The average molecular weight is 449 g/mol. The molecule has 0 aromatic heterocycles. The molecule has 1 N–H and O–H groups in total. The van der Waals surface area contributed by atoms with Gasteiger partial charge in [0.15, 0.2) is 0 Å². The van der Waals surface area contributed by atoms with Gasteiger partial charge in [-0.05, 0) is 44.1 Å². The predicted octanol–water partition coefficient (Wildman–Crippen LogP) is 7.07. The Morgan fingerprint density at radius 1 is 0.812 bits per heavy atom. The van der Waals surface area contributed by atoms with Gasteiger partial charge in [-0.25, -0.2) is 0 Å². The maximum absolute atomic E-state index is 11.2. The van der Waals surface area contributed by atoms with E-state index in [2.05, 4.69) is 19.1 Å². The lowest BCUT2D eigenvalue weighted by atomic mass is 10.0. The first-order valence-electron chi connectivity index (χ1n) is 12.6. The van der Waals surface area contributed by atoms with Gasteiger partial charge < -0.3 is 14.6 Å². The third-order valence-electron chi connectivity index (χ3n) is 5.76. The molecule has 0 bridgehead atoms. The lowest BCUT2D eigenvalue weighted by Gasteiger charge is -2.18. The minimum absolute atomic E-state index is 0.0840. The highest BCUT2D eigenvalue weighted by Gasteiger charge is 2.12. The zero-order valence-corrected chi connectivity index (χ0v) is 20.2. The zero-order valence-electron chi connectivity index (χ0n) is 20.2. The van der Waals surface area contributed by atoms with Crippen LogP contribution in [0.25, 0.3) is 0 Å². The van der Waals surface area contributed by atoms with Gasteiger partial charge in [-0.1, -0.05) is 82.2 Å². The van der Waals surface area contributed by atoms with E-state index in [0.717, 1.165) is 56.9 Å². The molecule has 0 saturated heterocycles. The largest absolute Gasteiger partial charge is 0.481 e. The molecule has 0 aliphatic rings. The highest BCUT2D eigenvalue weighted by Crippen LogP contribution is 2.18. The lowest BCUT2D eigenvalue weighted by Crippen LogP contribution is -2.16. The van der Waals surface area contributed by atoms with Gasteiger partial charge in [0.1, 0.15) is 6.10 Å². The van der Waals surface area contributed by atoms with Gasteiger partial charge in [0, 0.05) is 13.3 Å². The second kappa shape index (κ2) is 18.7. The van der Waals surface area contributed by atoms with Gasteiger partial charge in [0.25, 0.3) is 0 Å². The van der Waals surface area contributed by atoms with E-state index in [0.29, 0.717) is 13.0 Å². The summed E-state index contributed by atoms with van der Waals surface area (Å²) in [6.07, 6.45) is 14.0. The van der Waals surface area contributed by atoms with Crippen molar-refractivity contribution in [2.45, 2.75) is 123 Å². The Morgan fingerprint density at radius 2 is 1.38 bits per heavy atom. The van der Waals surface area contributed by atoms with E-state index in [9.17, 15) is 9.59 Å². The zero-order chi connectivity index (χ0) is 23.4. The molecule has 2 unspecified atom stereocenters. The Balaban J connectivity index is 2.20. The van der Waals surface area contributed by atoms with Crippen molar-refractivity contribution in [1.29, 1.82) is 0 Å². The molecule has 0 radical (unpaired) electrons. The summed E-state index contributed by atoms with van der Waals surface area (Å²) in [5, 5.41) is 8.91. The fraction of sp³-hybridized carbons (Fsp3) is 0.704. The highest BCUT2D eigenvalue weighted by molar-refractivity contribution is 5.66. The Morgan fingerprint density at radius 3 is 1.97 bits per heavy atom. The van der Waals surface area contributed by atoms with Gasteiger partial charge in [-0.3, -0.25) is 9.59 Å². The highest BCUT2D eigenvalue weighted by atomic mass is 16.5. The molecule has 5 heteroatoms. The Kier molecular flexibility index (Phi) is 16.4. The number of unbranched alkanes of at least 4 members (excludes halogenated alkanes) is 6. The van der Waals surface area contributed by atoms with E-state index in [-0.39, 0.29) is 24.6 Å². The van der Waals surface area contributed by atoms with Crippen molar-refractivity contribution in [3.05, 3.63) is 35.9 Å². The lowest BCUT2D eigenvalue weighted by molar-refractivity contribution is -0.147. The van der Waals surface area contributed by atoms with E-state index in [1.54, 1.807) is 0 Å². The molecule has 0 saturated carbocycles. The number of esters is 1. The van der Waals surface area contributed by atoms with Gasteiger partial charge in [0.05, 0.1) is 12.7 Å². The van der Waals surface area contributed by atoms with E-state index < -0.39 is 5.97 Å². The van der Waals surface area contributed by atoms with E-state index in [1.807, 2.05) is 18.2 Å². The second-order valence-corrected chi connectivity index (χ2v) is 8.78. The molecule has 0 amide bonds. The first-order valence-corrected chi connectivity index (χ1v) is 12.6. The summed E-state index contributed by atoms with van der Waals surface area (Å²) in [6, 6.07) is 10.1. The third kappa shape index (κ3) is 15.9. The van der Waals surface area contributed by atoms with Crippen molar-refractivity contribution in [2.24, 2.45) is 0 Å². The SMILES string of the molecule is CCCCC(CCCCCCCCC(CCCC(=O)O)OCc1ccccc1)OC(C)=O. The van der Waals surface area contributed by atoms with E-state index >= 15 is 0 Å². The normalized spacial score (nSPS) is 12.9. The summed E-state index contributed by atoms with van der Waals surface area (Å²) in [5.74, 6) is -0.907. The third-order valence-corrected chi connectivity index (χ3v) is 5.76. The van der Waals surface area contributed by atoms with Crippen LogP contribution in [0.2, 0.25) is 0 Å². The predicted molar refractivity (Wildman–Crippen MR) is 129 cm³/mol. The van der Waals surface area contributed by atoms with Crippen LogP contribution in [0.5, 0.6) is 0 Å². The number of carboxylic acids is 1. The Hall–Kier alpha value is -1.88. The summed E-state index contributed by atoms with van der Waals surface area (Å²) in [5.41, 5.74) is 1.15. The molecule has 0 fully saturated rings. The summed E-state index contributed by atoms with van der Waals surface area (Å²) >= 11 is 0. The first kappa shape index (κ1) is 28.2. The van der Waals surface area contributed by atoms with Crippen LogP contribution >= 0.6 is 0 Å². The van der Waals surface area contributed by atoms with Gasteiger partial charge in [0.2, 0.25) is 0 Å². The van der Waals surface area contributed by atoms with Crippen molar-refractivity contribution >= 4 is 11.9 Å². The molecule has 5 nitrogen and oxygen atoms in total. The monoisotopic (exact) mass is 448 g/mol. The van der Waals surface area contributed by atoms with E-state index in [1.165, 1.54) is 32.6 Å². The summed E-state index contributed by atoms with van der Waals surface area (Å²) < 4.78 is 11.5. The molecule has 0 heterocycles. The molecular formula is C27H44O5. The van der Waals surface area contributed by atoms with Crippen molar-refractivity contribution in [1.82, 2.24) is 0 Å². The van der Waals surface area contributed by atoms with Crippen LogP contribution in [0.15, 0.2) is 30.3 Å². The topological polar surface area (TPSA) is 72.8 Å². The van der Waals surface area contributed by atoms with Crippen LogP contribution in [0, 0.1) is 0 Å². The average Bonchev–Trinajstić information content (AvgIpc) is 2.77. The summed E-state index contributed by atoms with van der Waals surface area (Å²) in [6.45, 7) is 4.24. The van der Waals surface area contributed by atoms with Gasteiger partial charge in [-0.2, -0.15) is 0 Å². The van der Waals surface area contributed by atoms with Crippen LogP contribution in [0.1, 0.15) is 109 Å². The van der Waals surface area contributed by atoms with Crippen molar-refractivity contribution < 1.29 is 24.2 Å². The maximum atomic E-state index is 11.2. The van der Waals surface area contributed by atoms with Crippen LogP contribution < -0.4 is 0 Å². The first-order chi connectivity index (χ1) is 15.5. The number of carbonyl (C=O) groups excluding carboxylic acids is 1. The number of hydrogen-bond acceptors (Lipinski definition) is 4. The molecule has 1 rings (SSSR count).